The normalized spacial score (nSPS) is 18.9. The van der Waals surface area contributed by atoms with Gasteiger partial charge < -0.3 is 11.1 Å². The summed E-state index contributed by atoms with van der Waals surface area (Å²) in [5.41, 5.74) is 5.40. The van der Waals surface area contributed by atoms with E-state index >= 15 is 0 Å². The first-order valence-electron chi connectivity index (χ1n) is 6.95. The summed E-state index contributed by atoms with van der Waals surface area (Å²) in [5, 5.41) is 3.02. The van der Waals surface area contributed by atoms with Crippen molar-refractivity contribution in [3.63, 3.8) is 0 Å². The molecule has 1 atom stereocenters. The van der Waals surface area contributed by atoms with Gasteiger partial charge in [-0.3, -0.25) is 9.69 Å². The van der Waals surface area contributed by atoms with Gasteiger partial charge >= 0.3 is 0 Å². The summed E-state index contributed by atoms with van der Waals surface area (Å²) in [5.74, 6) is 0.169. The quantitative estimate of drug-likeness (QED) is 0.656. The van der Waals surface area contributed by atoms with Gasteiger partial charge in [0.15, 0.2) is 0 Å². The van der Waals surface area contributed by atoms with Gasteiger partial charge in [0, 0.05) is 19.0 Å². The molecule has 1 unspecified atom stereocenters. The van der Waals surface area contributed by atoms with Crippen LogP contribution in [0.1, 0.15) is 45.4 Å². The van der Waals surface area contributed by atoms with E-state index in [-0.39, 0.29) is 5.91 Å². The van der Waals surface area contributed by atoms with Gasteiger partial charge in [-0.25, -0.2) is 0 Å². The molecule has 17 heavy (non-hydrogen) atoms. The molecule has 1 aliphatic rings. The Morgan fingerprint density at radius 3 is 2.65 bits per heavy atom. The third-order valence-electron chi connectivity index (χ3n) is 3.47. The molecule has 0 saturated carbocycles. The molecule has 0 aliphatic carbocycles. The molecule has 0 radical (unpaired) electrons. The van der Waals surface area contributed by atoms with Gasteiger partial charge in [-0.2, -0.15) is 0 Å². The Hall–Kier alpha value is -0.610. The fourth-order valence-corrected chi connectivity index (χ4v) is 2.27. The first-order valence-corrected chi connectivity index (χ1v) is 6.95. The van der Waals surface area contributed by atoms with Crippen molar-refractivity contribution in [1.29, 1.82) is 0 Å². The molecule has 1 heterocycles. The monoisotopic (exact) mass is 241 g/mol. The van der Waals surface area contributed by atoms with E-state index in [1.165, 1.54) is 32.4 Å². The van der Waals surface area contributed by atoms with Gasteiger partial charge in [-0.05, 0) is 52.2 Å². The van der Waals surface area contributed by atoms with Crippen LogP contribution >= 0.6 is 0 Å². The van der Waals surface area contributed by atoms with Crippen LogP contribution in [-0.2, 0) is 4.79 Å². The lowest BCUT2D eigenvalue weighted by Crippen LogP contribution is -2.44. The second-order valence-corrected chi connectivity index (χ2v) is 5.00. The average molecular weight is 241 g/mol. The molecule has 100 valence electrons. The summed E-state index contributed by atoms with van der Waals surface area (Å²) in [6.07, 6.45) is 6.41. The van der Waals surface area contributed by atoms with Gasteiger partial charge in [0.25, 0.3) is 0 Å². The molecule has 0 spiro atoms. The maximum atomic E-state index is 11.5. The van der Waals surface area contributed by atoms with E-state index in [0.717, 1.165) is 19.4 Å². The van der Waals surface area contributed by atoms with E-state index in [1.807, 2.05) is 0 Å². The molecule has 0 aromatic carbocycles. The third kappa shape index (κ3) is 6.03. The van der Waals surface area contributed by atoms with Gasteiger partial charge in [-0.1, -0.05) is 6.42 Å². The Labute approximate surface area is 105 Å². The van der Waals surface area contributed by atoms with Crippen LogP contribution in [0.4, 0.5) is 0 Å². The predicted octanol–water partition coefficient (Wildman–Crippen LogP) is 1.11. The Bertz CT molecular complexity index is 215. The minimum atomic E-state index is 0.169. The number of unbranched alkanes of at least 4 members (excludes halogenated alkanes) is 1. The second kappa shape index (κ2) is 8.48. The van der Waals surface area contributed by atoms with Crippen molar-refractivity contribution >= 4 is 5.91 Å². The maximum absolute atomic E-state index is 11.5. The summed E-state index contributed by atoms with van der Waals surface area (Å²) >= 11 is 0. The smallest absolute Gasteiger partial charge is 0.220 e. The minimum Gasteiger partial charge on any atom is -0.355 e. The highest BCUT2D eigenvalue weighted by Crippen LogP contribution is 2.11. The number of piperidine rings is 1. The maximum Gasteiger partial charge on any atom is 0.220 e. The fraction of sp³-hybridized carbons (Fsp3) is 0.923. The van der Waals surface area contributed by atoms with E-state index < -0.39 is 0 Å². The molecule has 0 bridgehead atoms. The number of hydrogen-bond donors (Lipinski definition) is 2. The van der Waals surface area contributed by atoms with Crippen LogP contribution in [0.25, 0.3) is 0 Å². The topological polar surface area (TPSA) is 58.4 Å². The first kappa shape index (κ1) is 14.5. The number of nitrogens with one attached hydrogen (secondary N) is 1. The molecule has 1 rings (SSSR count). The lowest BCUT2D eigenvalue weighted by atomic mass is 10.1. The molecule has 1 aliphatic heterocycles. The predicted molar refractivity (Wildman–Crippen MR) is 70.8 cm³/mol. The number of nitrogens with two attached hydrogens (primary N) is 1. The highest BCUT2D eigenvalue weighted by Gasteiger charge is 2.16. The zero-order valence-corrected chi connectivity index (χ0v) is 11.1. The Balaban J connectivity index is 2.09. The molecular weight excluding hydrogens is 214 g/mol. The third-order valence-corrected chi connectivity index (χ3v) is 3.47. The lowest BCUT2D eigenvalue weighted by Gasteiger charge is -2.32. The zero-order valence-electron chi connectivity index (χ0n) is 11.1. The van der Waals surface area contributed by atoms with E-state index in [1.54, 1.807) is 0 Å². The molecule has 1 amide bonds. The number of carbonyl (C=O) groups is 1. The number of carbonyl (C=O) groups excluding carboxylic acids is 1. The van der Waals surface area contributed by atoms with Crippen molar-refractivity contribution in [3.05, 3.63) is 0 Å². The fourth-order valence-electron chi connectivity index (χ4n) is 2.27. The van der Waals surface area contributed by atoms with Gasteiger partial charge in [-0.15, -0.1) is 0 Å². The number of hydrogen-bond acceptors (Lipinski definition) is 3. The SMILES string of the molecule is CC(CNC(=O)CCCCN)N1CCCCC1. The van der Waals surface area contributed by atoms with Crippen molar-refractivity contribution in [3.8, 4) is 0 Å². The van der Waals surface area contributed by atoms with Crippen molar-refractivity contribution in [2.45, 2.75) is 51.5 Å². The van der Waals surface area contributed by atoms with Crippen molar-refractivity contribution in [2.75, 3.05) is 26.2 Å². The molecule has 0 aromatic rings. The number of likely N-dealkylation sites (tertiary alicyclic amines) is 1. The highest BCUT2D eigenvalue weighted by atomic mass is 16.1. The average Bonchev–Trinajstić information content (AvgIpc) is 2.37. The van der Waals surface area contributed by atoms with Crippen LogP contribution in [0.2, 0.25) is 0 Å². The summed E-state index contributed by atoms with van der Waals surface area (Å²) < 4.78 is 0. The number of nitrogens with zero attached hydrogens (tertiary/aromatic N) is 1. The molecule has 4 heteroatoms. The van der Waals surface area contributed by atoms with Crippen LogP contribution in [0.3, 0.4) is 0 Å². The van der Waals surface area contributed by atoms with Crippen LogP contribution in [-0.4, -0.2) is 43.0 Å². The molecule has 1 saturated heterocycles. The first-order chi connectivity index (χ1) is 8.24. The van der Waals surface area contributed by atoms with Crippen molar-refractivity contribution < 1.29 is 4.79 Å². The van der Waals surface area contributed by atoms with Crippen LogP contribution in [0, 0.1) is 0 Å². The molecular formula is C13H27N3O. The molecule has 0 aromatic heterocycles. The van der Waals surface area contributed by atoms with Crippen LogP contribution < -0.4 is 11.1 Å². The molecule has 3 N–H and O–H groups in total. The Morgan fingerprint density at radius 2 is 2.00 bits per heavy atom. The van der Waals surface area contributed by atoms with Gasteiger partial charge in [0.2, 0.25) is 5.91 Å². The molecule has 1 fully saturated rings. The van der Waals surface area contributed by atoms with E-state index in [4.69, 9.17) is 5.73 Å². The van der Waals surface area contributed by atoms with Crippen LogP contribution in [0.5, 0.6) is 0 Å². The Kier molecular flexibility index (Phi) is 7.21. The van der Waals surface area contributed by atoms with Crippen molar-refractivity contribution in [1.82, 2.24) is 10.2 Å². The zero-order chi connectivity index (χ0) is 12.5. The summed E-state index contributed by atoms with van der Waals surface area (Å²) in [4.78, 5) is 14.0. The van der Waals surface area contributed by atoms with E-state index in [0.29, 0.717) is 19.0 Å². The van der Waals surface area contributed by atoms with Crippen LogP contribution in [0.15, 0.2) is 0 Å². The number of amides is 1. The minimum absolute atomic E-state index is 0.169. The van der Waals surface area contributed by atoms with E-state index in [9.17, 15) is 4.79 Å². The summed E-state index contributed by atoms with van der Waals surface area (Å²) in [6.45, 7) is 6.03. The Morgan fingerprint density at radius 1 is 1.29 bits per heavy atom. The summed E-state index contributed by atoms with van der Waals surface area (Å²) in [7, 11) is 0. The largest absolute Gasteiger partial charge is 0.355 e. The second-order valence-electron chi connectivity index (χ2n) is 5.00. The summed E-state index contributed by atoms with van der Waals surface area (Å²) in [6, 6.07) is 0.466. The lowest BCUT2D eigenvalue weighted by molar-refractivity contribution is -0.121. The highest BCUT2D eigenvalue weighted by molar-refractivity contribution is 5.75. The van der Waals surface area contributed by atoms with Gasteiger partial charge in [0.1, 0.15) is 0 Å². The van der Waals surface area contributed by atoms with Gasteiger partial charge in [0.05, 0.1) is 0 Å². The number of rotatable bonds is 7. The standard InChI is InChI=1S/C13H27N3O/c1-12(16-9-5-2-6-10-16)11-15-13(17)7-3-4-8-14/h12H,2-11,14H2,1H3,(H,15,17). The molecule has 4 nitrogen and oxygen atoms in total. The van der Waals surface area contributed by atoms with Crippen molar-refractivity contribution in [2.24, 2.45) is 5.73 Å². The van der Waals surface area contributed by atoms with E-state index in [2.05, 4.69) is 17.1 Å².